The van der Waals surface area contributed by atoms with Gasteiger partial charge in [-0.3, -0.25) is 19.4 Å². The summed E-state index contributed by atoms with van der Waals surface area (Å²) >= 11 is 2.93. The lowest BCUT2D eigenvalue weighted by atomic mass is 9.79. The van der Waals surface area contributed by atoms with Gasteiger partial charge in [0.25, 0.3) is 0 Å². The number of thioether (sulfide) groups is 2. The van der Waals surface area contributed by atoms with Crippen molar-refractivity contribution >= 4 is 47.3 Å². The minimum Gasteiger partial charge on any atom is -0.477 e. The van der Waals surface area contributed by atoms with E-state index in [-0.39, 0.29) is 53.4 Å². The number of carbonyl (C=O) groups is 4. The molecule has 0 saturated carbocycles. The Balaban J connectivity index is 1.40. The molecule has 14 heteroatoms. The molecule has 4 N–H and O–H groups in total. The van der Waals surface area contributed by atoms with Gasteiger partial charge in [0.15, 0.2) is 0 Å². The van der Waals surface area contributed by atoms with Crippen LogP contribution < -0.4 is 5.32 Å². The smallest absolute Gasteiger partial charge is 0.353 e. The van der Waals surface area contributed by atoms with Crippen LogP contribution in [0.2, 0.25) is 0 Å². The number of hydrogen-bond donors (Lipinski definition) is 4. The molecule has 0 aromatic carbocycles. The molecule has 224 valence electrons. The number of amides is 4. The molecule has 12 nitrogen and oxygen atoms in total. The molecule has 7 atom stereocenters. The maximum atomic E-state index is 13.6. The van der Waals surface area contributed by atoms with Crippen LogP contribution in [0.25, 0.3) is 0 Å². The summed E-state index contributed by atoms with van der Waals surface area (Å²) < 4.78 is 0. The summed E-state index contributed by atoms with van der Waals surface area (Å²) in [6.07, 6.45) is -0.243. The van der Waals surface area contributed by atoms with E-state index < -0.39 is 23.2 Å². The van der Waals surface area contributed by atoms with Crippen molar-refractivity contribution in [3.63, 3.8) is 0 Å². The molecule has 40 heavy (non-hydrogen) atoms. The molecule has 0 aromatic heterocycles. The van der Waals surface area contributed by atoms with E-state index in [4.69, 9.17) is 5.11 Å². The number of aliphatic hydroxyl groups excluding tert-OH is 2. The third-order valence-corrected chi connectivity index (χ3v) is 11.1. The largest absolute Gasteiger partial charge is 0.477 e. The Hall–Kier alpha value is -1.84. The van der Waals surface area contributed by atoms with Gasteiger partial charge in [0.1, 0.15) is 5.70 Å². The summed E-state index contributed by atoms with van der Waals surface area (Å²) in [4.78, 5) is 58.5. The van der Waals surface area contributed by atoms with Gasteiger partial charge in [-0.1, -0.05) is 13.8 Å². The van der Waals surface area contributed by atoms with E-state index in [1.807, 2.05) is 13.8 Å². The number of hydrogen-bond acceptors (Lipinski definition) is 10. The van der Waals surface area contributed by atoms with Crippen LogP contribution in [0, 0.1) is 11.8 Å². The van der Waals surface area contributed by atoms with Gasteiger partial charge in [-0.15, -0.1) is 23.5 Å². The quantitative estimate of drug-likeness (QED) is 0.249. The van der Waals surface area contributed by atoms with Gasteiger partial charge in [0.05, 0.1) is 29.9 Å². The molecule has 4 aliphatic rings. The van der Waals surface area contributed by atoms with Crippen molar-refractivity contribution < 1.29 is 34.5 Å². The molecule has 0 spiro atoms. The van der Waals surface area contributed by atoms with Crippen molar-refractivity contribution in [1.82, 2.24) is 24.9 Å². The lowest BCUT2D eigenvalue weighted by Gasteiger charge is -2.46. The predicted octanol–water partition coefficient (Wildman–Crippen LogP) is -0.0862. The van der Waals surface area contributed by atoms with E-state index in [9.17, 15) is 29.4 Å². The number of carboxylic acids is 1. The highest BCUT2D eigenvalue weighted by molar-refractivity contribution is 8.03. The molecule has 1 unspecified atom stereocenters. The monoisotopic (exact) mass is 599 g/mol. The first-order valence-electron chi connectivity index (χ1n) is 13.9. The molecule has 4 rings (SSSR count). The van der Waals surface area contributed by atoms with E-state index in [1.54, 1.807) is 11.8 Å². The van der Waals surface area contributed by atoms with Gasteiger partial charge in [-0.2, -0.15) is 0 Å². The van der Waals surface area contributed by atoms with E-state index >= 15 is 0 Å². The van der Waals surface area contributed by atoms with Crippen LogP contribution in [-0.4, -0.2) is 146 Å². The molecule has 3 saturated heterocycles. The minimum absolute atomic E-state index is 0.00725. The average Bonchev–Trinajstić information content (AvgIpc) is 3.47. The van der Waals surface area contributed by atoms with Crippen molar-refractivity contribution in [2.24, 2.45) is 11.8 Å². The maximum Gasteiger partial charge on any atom is 0.353 e. The molecule has 4 heterocycles. The number of aliphatic carboxylic acids is 1. The van der Waals surface area contributed by atoms with Crippen molar-refractivity contribution in [2.45, 2.75) is 55.9 Å². The molecule has 0 aromatic rings. The Morgan fingerprint density at radius 1 is 1.20 bits per heavy atom. The summed E-state index contributed by atoms with van der Waals surface area (Å²) in [6.45, 7) is 8.94. The van der Waals surface area contributed by atoms with Gasteiger partial charge in [-0.25, -0.2) is 9.59 Å². The molecule has 4 amide bonds. The maximum absolute atomic E-state index is 13.6. The number of nitrogens with one attached hydrogen (secondary N) is 1. The van der Waals surface area contributed by atoms with E-state index in [0.717, 1.165) is 0 Å². The van der Waals surface area contributed by atoms with Gasteiger partial charge in [-0.05, 0) is 19.1 Å². The lowest BCUT2D eigenvalue weighted by Crippen LogP contribution is -2.63. The highest BCUT2D eigenvalue weighted by atomic mass is 32.2. The number of imide groups is 1. The number of rotatable bonds is 10. The second kappa shape index (κ2) is 13.0. The fourth-order valence-electron chi connectivity index (χ4n) is 6.25. The van der Waals surface area contributed by atoms with Crippen LogP contribution in [0.4, 0.5) is 4.79 Å². The van der Waals surface area contributed by atoms with Gasteiger partial charge >= 0.3 is 12.0 Å². The van der Waals surface area contributed by atoms with E-state index in [0.29, 0.717) is 56.3 Å². The molecule has 0 radical (unpaired) electrons. The molecule has 0 aliphatic carbocycles. The Labute approximate surface area is 243 Å². The zero-order valence-corrected chi connectivity index (χ0v) is 25.1. The van der Waals surface area contributed by atoms with Gasteiger partial charge in [0, 0.05) is 68.4 Å². The summed E-state index contributed by atoms with van der Waals surface area (Å²) in [7, 11) is 1.53. The first-order chi connectivity index (χ1) is 19.0. The number of piperazine rings is 1. The fourth-order valence-corrected chi connectivity index (χ4v) is 8.84. The number of carbonyl (C=O) groups excluding carboxylic acids is 3. The summed E-state index contributed by atoms with van der Waals surface area (Å²) in [5, 5.41) is 32.1. The van der Waals surface area contributed by atoms with Crippen LogP contribution in [0.3, 0.4) is 0 Å². The first-order valence-corrected chi connectivity index (χ1v) is 15.8. The second-order valence-corrected chi connectivity index (χ2v) is 13.6. The molecule has 0 bridgehead atoms. The molecule has 3 fully saturated rings. The summed E-state index contributed by atoms with van der Waals surface area (Å²) in [6, 6.07) is -0.875. The minimum atomic E-state index is -1.15. The van der Waals surface area contributed by atoms with Crippen LogP contribution in [0.1, 0.15) is 27.2 Å². The first kappa shape index (κ1) is 31.1. The average molecular weight is 600 g/mol. The number of nitrogens with zero attached hydrogens (tertiary/aromatic N) is 4. The highest BCUT2D eigenvalue weighted by Gasteiger charge is 2.60. The zero-order valence-electron chi connectivity index (χ0n) is 23.5. The molecule has 4 aliphatic heterocycles. The third-order valence-electron chi connectivity index (χ3n) is 8.36. The van der Waals surface area contributed by atoms with Gasteiger partial charge < -0.3 is 30.4 Å². The van der Waals surface area contributed by atoms with Crippen LogP contribution in [0.15, 0.2) is 10.6 Å². The number of urea groups is 1. The van der Waals surface area contributed by atoms with Crippen molar-refractivity contribution in [3.05, 3.63) is 10.6 Å². The number of aliphatic hydroxyl groups is 2. The normalized spacial score (nSPS) is 30.2. The standard InChI is InChI=1S/C26H41N5O7S2/c1-5-39-22(24(35)28(4)26(38)30-8-6-29(7-9-30)10-11-32)17-12-16(13-27-17)40-21-14(2)19-18(15(3)33)23(34)31(19)20(21)25(36)37/h14-19,22,27,32-33H,5-13H2,1-4H3,(H,36,37)/t14-,15-,16+,17+,18-,19-,22?/m1/s1. The second-order valence-electron chi connectivity index (χ2n) is 10.9. The van der Waals surface area contributed by atoms with E-state index in [1.165, 1.54) is 40.4 Å². The number of carboxylic acid groups (broad SMARTS) is 1. The summed E-state index contributed by atoms with van der Waals surface area (Å²) in [5.41, 5.74) is 0.00725. The van der Waals surface area contributed by atoms with Crippen molar-refractivity contribution in [3.8, 4) is 0 Å². The highest BCUT2D eigenvalue weighted by Crippen LogP contribution is 2.52. The Morgan fingerprint density at radius 3 is 2.45 bits per heavy atom. The Bertz CT molecular complexity index is 1030. The fraction of sp³-hybridized carbons (Fsp3) is 0.769. The van der Waals surface area contributed by atoms with Crippen LogP contribution in [0.5, 0.6) is 0 Å². The number of β-lactam (4-membered cyclic amide) rings is 1. The lowest BCUT2D eigenvalue weighted by molar-refractivity contribution is -0.163. The van der Waals surface area contributed by atoms with E-state index in [2.05, 4.69) is 10.2 Å². The Kier molecular flexibility index (Phi) is 10.1. The zero-order chi connectivity index (χ0) is 29.3. The topological polar surface area (TPSA) is 154 Å². The van der Waals surface area contributed by atoms with Gasteiger partial charge in [0.2, 0.25) is 11.8 Å². The predicted molar refractivity (Wildman–Crippen MR) is 153 cm³/mol. The van der Waals surface area contributed by atoms with Crippen molar-refractivity contribution in [2.75, 3.05) is 58.7 Å². The Morgan fingerprint density at radius 2 is 1.88 bits per heavy atom. The third kappa shape index (κ3) is 5.88. The molecular weight excluding hydrogens is 558 g/mol. The van der Waals surface area contributed by atoms with Crippen LogP contribution >= 0.6 is 23.5 Å². The molecular formula is C26H41N5O7S2. The number of fused-ring (bicyclic) bond motifs is 1. The summed E-state index contributed by atoms with van der Waals surface area (Å²) in [5.74, 6) is -1.88. The number of β-amino-alcohol motifs (C(OH)–C–C–N with tert-alkyl or cyclic N) is 1. The van der Waals surface area contributed by atoms with Crippen molar-refractivity contribution in [1.29, 1.82) is 0 Å². The van der Waals surface area contributed by atoms with Crippen LogP contribution in [-0.2, 0) is 14.4 Å². The SMILES string of the molecule is CCSC(C(=O)N(C)C(=O)N1CCN(CCO)CC1)[C@@H]1C[C@H](SC2=C(C(=O)O)N3C(=O)[C@H]([C@@H](C)O)[C@H]3[C@H]2C)CN1.